The molecule has 3 N–H and O–H groups in total. The van der Waals surface area contributed by atoms with Crippen molar-refractivity contribution in [3.63, 3.8) is 0 Å². The van der Waals surface area contributed by atoms with Crippen molar-refractivity contribution in [3.8, 4) is 11.5 Å². The first-order chi connectivity index (χ1) is 11.1. The van der Waals surface area contributed by atoms with Gasteiger partial charge < -0.3 is 10.2 Å². The van der Waals surface area contributed by atoms with Gasteiger partial charge in [-0.25, -0.2) is 0 Å². The van der Waals surface area contributed by atoms with Crippen molar-refractivity contribution in [1.29, 1.82) is 0 Å². The van der Waals surface area contributed by atoms with Gasteiger partial charge in [0.05, 0.1) is 15.2 Å². The molecule has 0 radical (unpaired) electrons. The highest BCUT2D eigenvalue weighted by molar-refractivity contribution is 9.10. The number of nitrogens with one attached hydrogen (secondary N) is 1. The fourth-order valence-corrected chi connectivity index (χ4v) is 3.85. The first-order valence-corrected chi connectivity index (χ1v) is 9.38. The molecule has 0 fully saturated rings. The fraction of sp³-hybridized carbons (Fsp3) is 0.0714. The van der Waals surface area contributed by atoms with Gasteiger partial charge in [0.25, 0.3) is 10.0 Å². The van der Waals surface area contributed by atoms with Crippen LogP contribution in [0, 0.1) is 0 Å². The van der Waals surface area contributed by atoms with Gasteiger partial charge in [-0.1, -0.05) is 23.2 Å². The maximum Gasteiger partial charge on any atom is 0.278 e. The molecule has 24 heavy (non-hydrogen) atoms. The van der Waals surface area contributed by atoms with E-state index in [-0.39, 0.29) is 42.2 Å². The molecule has 2 aromatic rings. The van der Waals surface area contributed by atoms with Gasteiger partial charge in [0.1, 0.15) is 16.4 Å². The molecule has 0 bridgehead atoms. The van der Waals surface area contributed by atoms with Crippen LogP contribution in [0.1, 0.15) is 12.5 Å². The Bertz CT molecular complexity index is 933. The van der Waals surface area contributed by atoms with E-state index in [9.17, 15) is 18.6 Å². The summed E-state index contributed by atoms with van der Waals surface area (Å²) in [7, 11) is -4.06. The first kappa shape index (κ1) is 18.9. The average Bonchev–Trinajstić information content (AvgIpc) is 2.50. The van der Waals surface area contributed by atoms with Crippen LogP contribution in [0.5, 0.6) is 11.5 Å². The highest BCUT2D eigenvalue weighted by Gasteiger charge is 2.18. The molecule has 0 saturated carbocycles. The molecule has 0 amide bonds. The van der Waals surface area contributed by atoms with Crippen LogP contribution in [-0.2, 0) is 10.0 Å². The molecular weight excluding hydrogens is 443 g/mol. The van der Waals surface area contributed by atoms with E-state index in [0.717, 1.165) is 0 Å². The third-order valence-electron chi connectivity index (χ3n) is 2.95. The number of nitrogens with zero attached hydrogens (tertiary/aromatic N) is 1. The molecular formula is C14H11BrCl2N2O4S. The molecule has 0 spiro atoms. The van der Waals surface area contributed by atoms with Crippen LogP contribution in [0.2, 0.25) is 10.0 Å². The number of phenolic OH excluding ortho intramolecular Hbond substituents is 2. The second-order valence-electron chi connectivity index (χ2n) is 4.69. The molecule has 128 valence electrons. The zero-order chi connectivity index (χ0) is 18.1. The topological polar surface area (TPSA) is 99.0 Å². The van der Waals surface area contributed by atoms with Crippen LogP contribution in [-0.4, -0.2) is 24.3 Å². The van der Waals surface area contributed by atoms with E-state index in [2.05, 4.69) is 21.0 Å². The number of benzene rings is 2. The van der Waals surface area contributed by atoms with Gasteiger partial charge in [0.15, 0.2) is 0 Å². The number of aromatic hydroxyl groups is 2. The Morgan fingerprint density at radius 2 is 1.88 bits per heavy atom. The van der Waals surface area contributed by atoms with Crippen molar-refractivity contribution in [2.75, 3.05) is 0 Å². The molecule has 10 heteroatoms. The summed E-state index contributed by atoms with van der Waals surface area (Å²) in [5.41, 5.74) is 0.285. The second-order valence-corrected chi connectivity index (χ2v) is 8.02. The molecule has 0 heterocycles. The summed E-state index contributed by atoms with van der Waals surface area (Å²) in [4.78, 5) is 1.79. The van der Waals surface area contributed by atoms with Crippen LogP contribution in [0.4, 0.5) is 0 Å². The third kappa shape index (κ3) is 4.13. The average molecular weight is 454 g/mol. The van der Waals surface area contributed by atoms with Crippen molar-refractivity contribution < 1.29 is 18.6 Å². The summed E-state index contributed by atoms with van der Waals surface area (Å²) < 4.78 is 24.8. The van der Waals surface area contributed by atoms with Crippen molar-refractivity contribution in [1.82, 2.24) is 4.83 Å². The molecule has 0 atom stereocenters. The van der Waals surface area contributed by atoms with Crippen molar-refractivity contribution in [3.05, 3.63) is 50.4 Å². The van der Waals surface area contributed by atoms with E-state index >= 15 is 0 Å². The summed E-state index contributed by atoms with van der Waals surface area (Å²) in [6, 6.07) is 6.55. The molecule has 0 aliphatic rings. The highest BCUT2D eigenvalue weighted by atomic mass is 79.9. The van der Waals surface area contributed by atoms with Crippen molar-refractivity contribution in [2.45, 2.75) is 11.8 Å². The fourth-order valence-electron chi connectivity index (χ4n) is 1.78. The van der Waals surface area contributed by atoms with E-state index in [1.54, 1.807) is 0 Å². The van der Waals surface area contributed by atoms with Gasteiger partial charge in [0, 0.05) is 10.6 Å². The van der Waals surface area contributed by atoms with Gasteiger partial charge in [-0.2, -0.15) is 18.4 Å². The van der Waals surface area contributed by atoms with E-state index in [4.69, 9.17) is 23.2 Å². The Labute approximate surface area is 156 Å². The summed E-state index contributed by atoms with van der Waals surface area (Å²) >= 11 is 14.7. The smallest absolute Gasteiger partial charge is 0.278 e. The van der Waals surface area contributed by atoms with Gasteiger partial charge in [-0.3, -0.25) is 0 Å². The minimum Gasteiger partial charge on any atom is -0.508 e. The molecule has 2 aromatic carbocycles. The Morgan fingerprint density at radius 1 is 1.21 bits per heavy atom. The summed E-state index contributed by atoms with van der Waals surface area (Å²) in [5, 5.41) is 23.5. The number of rotatable bonds is 4. The van der Waals surface area contributed by atoms with Gasteiger partial charge in [-0.05, 0) is 53.2 Å². The number of phenols is 2. The van der Waals surface area contributed by atoms with Gasteiger partial charge >= 0.3 is 0 Å². The summed E-state index contributed by atoms with van der Waals surface area (Å²) in [5.74, 6) is -0.306. The first-order valence-electron chi connectivity index (χ1n) is 6.35. The Kier molecular flexibility index (Phi) is 5.64. The Balaban J connectivity index is 2.38. The van der Waals surface area contributed by atoms with Crippen molar-refractivity contribution >= 4 is 54.9 Å². The van der Waals surface area contributed by atoms with Crippen LogP contribution in [0.3, 0.4) is 0 Å². The lowest BCUT2D eigenvalue weighted by Gasteiger charge is -2.09. The third-order valence-corrected chi connectivity index (χ3v) is 5.48. The second kappa shape index (κ2) is 7.18. The number of sulfonamides is 1. The van der Waals surface area contributed by atoms with Crippen molar-refractivity contribution in [2.24, 2.45) is 5.10 Å². The van der Waals surface area contributed by atoms with Gasteiger partial charge in [0.2, 0.25) is 0 Å². The Hall–Kier alpha value is -1.48. The largest absolute Gasteiger partial charge is 0.508 e. The summed E-state index contributed by atoms with van der Waals surface area (Å²) in [6.45, 7) is 1.46. The normalized spacial score (nSPS) is 12.2. The van der Waals surface area contributed by atoms with E-state index in [1.165, 1.54) is 37.3 Å². The lowest BCUT2D eigenvalue weighted by Crippen LogP contribution is -2.20. The number of hydrazone groups is 1. The minimum absolute atomic E-state index is 0.0114. The van der Waals surface area contributed by atoms with E-state index < -0.39 is 10.0 Å². The standard InChI is InChI=1S/C14H11BrCl2N2O4S/c1-7(10-5-9(20)6-11(15)14(10)21)18-19-24(22,23)13-4-8(16)2-3-12(13)17/h2-6,19-21H,1H3/b18-7+. The van der Waals surface area contributed by atoms with E-state index in [0.29, 0.717) is 0 Å². The maximum atomic E-state index is 12.3. The van der Waals surface area contributed by atoms with Crippen LogP contribution < -0.4 is 4.83 Å². The Morgan fingerprint density at radius 3 is 2.54 bits per heavy atom. The molecule has 0 aliphatic carbocycles. The van der Waals surface area contributed by atoms with Crippen LogP contribution in [0.25, 0.3) is 0 Å². The highest BCUT2D eigenvalue weighted by Crippen LogP contribution is 2.32. The lowest BCUT2D eigenvalue weighted by molar-refractivity contribution is 0.456. The number of hydrogen-bond donors (Lipinski definition) is 3. The molecule has 2 rings (SSSR count). The molecule has 0 saturated heterocycles. The molecule has 0 aromatic heterocycles. The molecule has 6 nitrogen and oxygen atoms in total. The van der Waals surface area contributed by atoms with Crippen LogP contribution in [0.15, 0.2) is 44.8 Å². The maximum absolute atomic E-state index is 12.3. The predicted octanol–water partition coefficient (Wildman–Crippen LogP) is 3.87. The SMILES string of the molecule is C/C(=N\NS(=O)(=O)c1cc(Cl)ccc1Cl)c1cc(O)cc(Br)c1O. The number of hydrogen-bond acceptors (Lipinski definition) is 5. The zero-order valence-corrected chi connectivity index (χ0v) is 16.0. The van der Waals surface area contributed by atoms with E-state index in [1.807, 2.05) is 4.83 Å². The molecule has 0 aliphatic heterocycles. The van der Waals surface area contributed by atoms with Gasteiger partial charge in [-0.15, -0.1) is 0 Å². The number of halogens is 3. The zero-order valence-electron chi connectivity index (χ0n) is 12.1. The summed E-state index contributed by atoms with van der Waals surface area (Å²) in [6.07, 6.45) is 0. The molecule has 0 unspecified atom stereocenters. The quantitative estimate of drug-likeness (QED) is 0.371. The monoisotopic (exact) mass is 452 g/mol. The minimum atomic E-state index is -4.06. The lowest BCUT2D eigenvalue weighted by atomic mass is 10.1. The van der Waals surface area contributed by atoms with Crippen LogP contribution >= 0.6 is 39.1 Å². The predicted molar refractivity (Wildman–Crippen MR) is 96.5 cm³/mol.